The molecule has 0 aromatic heterocycles. The van der Waals surface area contributed by atoms with E-state index in [-0.39, 0.29) is 5.97 Å². The molecule has 0 unspecified atom stereocenters. The van der Waals surface area contributed by atoms with Gasteiger partial charge in [-0.15, -0.1) is 0 Å². The van der Waals surface area contributed by atoms with Crippen LogP contribution in [-0.2, 0) is 0 Å². The van der Waals surface area contributed by atoms with Crippen LogP contribution in [0.2, 0.25) is 0 Å². The number of benzene rings is 3. The molecule has 0 saturated carbocycles. The molecule has 0 fully saturated rings. The van der Waals surface area contributed by atoms with E-state index in [4.69, 9.17) is 4.74 Å². The van der Waals surface area contributed by atoms with E-state index in [9.17, 15) is 4.79 Å². The van der Waals surface area contributed by atoms with Crippen LogP contribution in [0.3, 0.4) is 0 Å². The number of esters is 1. The van der Waals surface area contributed by atoms with Gasteiger partial charge in [0.1, 0.15) is 5.75 Å². The molecule has 0 aliphatic carbocycles. The minimum atomic E-state index is -0.365. The molecule has 3 nitrogen and oxygen atoms in total. The third-order valence-corrected chi connectivity index (χ3v) is 3.22. The van der Waals surface area contributed by atoms with Crippen LogP contribution in [0.4, 0.5) is 5.69 Å². The number of aliphatic imine (C=N–C) groups is 1. The topological polar surface area (TPSA) is 38.7 Å². The van der Waals surface area contributed by atoms with Crippen LogP contribution in [0.5, 0.6) is 5.75 Å². The summed E-state index contributed by atoms with van der Waals surface area (Å²) < 4.78 is 5.33. The number of nitrogens with zero attached hydrogens (tertiary/aromatic N) is 1. The molecule has 3 aromatic carbocycles. The van der Waals surface area contributed by atoms with E-state index < -0.39 is 0 Å². The Morgan fingerprint density at radius 2 is 1.39 bits per heavy atom. The zero-order chi connectivity index (χ0) is 15.9. The maximum Gasteiger partial charge on any atom is 0.343 e. The molecule has 0 amide bonds. The molecule has 3 aromatic rings. The van der Waals surface area contributed by atoms with Gasteiger partial charge in [0.15, 0.2) is 0 Å². The first-order valence-corrected chi connectivity index (χ1v) is 7.28. The van der Waals surface area contributed by atoms with E-state index in [0.29, 0.717) is 11.3 Å². The Morgan fingerprint density at radius 1 is 0.783 bits per heavy atom. The predicted octanol–water partition coefficient (Wildman–Crippen LogP) is 4.66. The standard InChI is InChI=1S/C20H15NO2/c22-20(17-7-3-1-4-8-17)23-19-13-11-16(12-14-19)15-21-18-9-5-2-6-10-18/h1-15H. The summed E-state index contributed by atoms with van der Waals surface area (Å²) in [7, 11) is 0. The van der Waals surface area contributed by atoms with Crippen molar-refractivity contribution < 1.29 is 9.53 Å². The molecule has 0 aliphatic heterocycles. The highest BCUT2D eigenvalue weighted by Gasteiger charge is 2.07. The molecular formula is C20H15NO2. The van der Waals surface area contributed by atoms with Crippen LogP contribution in [0.25, 0.3) is 0 Å². The van der Waals surface area contributed by atoms with Crippen molar-refractivity contribution in [3.63, 3.8) is 0 Å². The lowest BCUT2D eigenvalue weighted by atomic mass is 10.2. The van der Waals surface area contributed by atoms with Crippen LogP contribution in [0.1, 0.15) is 15.9 Å². The highest BCUT2D eigenvalue weighted by molar-refractivity contribution is 5.91. The number of carbonyl (C=O) groups is 1. The Labute approximate surface area is 134 Å². The fourth-order valence-electron chi connectivity index (χ4n) is 2.03. The molecule has 3 heteroatoms. The van der Waals surface area contributed by atoms with Gasteiger partial charge in [0, 0.05) is 6.21 Å². The maximum atomic E-state index is 12.0. The van der Waals surface area contributed by atoms with E-state index in [0.717, 1.165) is 11.3 Å². The van der Waals surface area contributed by atoms with E-state index in [1.54, 1.807) is 42.6 Å². The van der Waals surface area contributed by atoms with Gasteiger partial charge in [-0.2, -0.15) is 0 Å². The molecule has 0 heterocycles. The summed E-state index contributed by atoms with van der Waals surface area (Å²) in [5.74, 6) is 0.145. The zero-order valence-electron chi connectivity index (χ0n) is 12.4. The average molecular weight is 301 g/mol. The quantitative estimate of drug-likeness (QED) is 0.399. The Hall–Kier alpha value is -3.20. The molecule has 112 valence electrons. The van der Waals surface area contributed by atoms with E-state index in [1.165, 1.54) is 0 Å². The van der Waals surface area contributed by atoms with Gasteiger partial charge in [-0.1, -0.05) is 36.4 Å². The molecule has 0 bridgehead atoms. The van der Waals surface area contributed by atoms with Crippen molar-refractivity contribution in [2.24, 2.45) is 4.99 Å². The van der Waals surface area contributed by atoms with Crippen LogP contribution < -0.4 is 4.74 Å². The van der Waals surface area contributed by atoms with Crippen LogP contribution >= 0.6 is 0 Å². The van der Waals surface area contributed by atoms with Gasteiger partial charge in [-0.05, 0) is 54.1 Å². The number of ether oxygens (including phenoxy) is 1. The van der Waals surface area contributed by atoms with Crippen molar-refractivity contribution in [3.8, 4) is 5.75 Å². The van der Waals surface area contributed by atoms with Crippen molar-refractivity contribution in [1.82, 2.24) is 0 Å². The second-order valence-corrected chi connectivity index (χ2v) is 4.92. The first-order chi connectivity index (χ1) is 11.3. The van der Waals surface area contributed by atoms with Crippen LogP contribution in [0, 0.1) is 0 Å². The lowest BCUT2D eigenvalue weighted by molar-refractivity contribution is 0.0735. The summed E-state index contributed by atoms with van der Waals surface area (Å²) in [6, 6.07) is 25.9. The largest absolute Gasteiger partial charge is 0.423 e. The molecule has 3 rings (SSSR count). The third kappa shape index (κ3) is 4.14. The van der Waals surface area contributed by atoms with Gasteiger partial charge in [0.05, 0.1) is 11.3 Å². The second-order valence-electron chi connectivity index (χ2n) is 4.92. The average Bonchev–Trinajstić information content (AvgIpc) is 2.63. The molecule has 0 N–H and O–H groups in total. The minimum absolute atomic E-state index is 0.365. The lowest BCUT2D eigenvalue weighted by Gasteiger charge is -2.04. The summed E-state index contributed by atoms with van der Waals surface area (Å²) in [5.41, 5.74) is 2.36. The normalized spacial score (nSPS) is 10.6. The monoisotopic (exact) mass is 301 g/mol. The van der Waals surface area contributed by atoms with Crippen molar-refractivity contribution in [2.75, 3.05) is 0 Å². The molecular weight excluding hydrogens is 286 g/mol. The number of hydrogen-bond donors (Lipinski definition) is 0. The fraction of sp³-hybridized carbons (Fsp3) is 0. The SMILES string of the molecule is O=C(Oc1ccc(C=Nc2ccccc2)cc1)c1ccccc1. The van der Waals surface area contributed by atoms with E-state index in [1.807, 2.05) is 48.5 Å². The minimum Gasteiger partial charge on any atom is -0.423 e. The first kappa shape index (κ1) is 14.7. The number of rotatable bonds is 4. The van der Waals surface area contributed by atoms with E-state index in [2.05, 4.69) is 4.99 Å². The third-order valence-electron chi connectivity index (χ3n) is 3.22. The zero-order valence-corrected chi connectivity index (χ0v) is 12.4. The van der Waals surface area contributed by atoms with Gasteiger partial charge in [-0.3, -0.25) is 4.99 Å². The molecule has 0 spiro atoms. The van der Waals surface area contributed by atoms with Crippen LogP contribution in [-0.4, -0.2) is 12.2 Å². The Balaban J connectivity index is 1.65. The summed E-state index contributed by atoms with van der Waals surface area (Å²) >= 11 is 0. The summed E-state index contributed by atoms with van der Waals surface area (Å²) in [6.07, 6.45) is 1.78. The lowest BCUT2D eigenvalue weighted by Crippen LogP contribution is -2.07. The smallest absolute Gasteiger partial charge is 0.343 e. The number of carbonyl (C=O) groups excluding carboxylic acids is 1. The second kappa shape index (κ2) is 7.18. The number of hydrogen-bond acceptors (Lipinski definition) is 3. The molecule has 0 atom stereocenters. The molecule has 0 aliphatic rings. The first-order valence-electron chi connectivity index (χ1n) is 7.28. The van der Waals surface area contributed by atoms with Gasteiger partial charge in [0.25, 0.3) is 0 Å². The fourth-order valence-corrected chi connectivity index (χ4v) is 2.03. The van der Waals surface area contributed by atoms with Crippen molar-refractivity contribution in [1.29, 1.82) is 0 Å². The van der Waals surface area contributed by atoms with Gasteiger partial charge in [0.2, 0.25) is 0 Å². The Morgan fingerprint density at radius 3 is 2.04 bits per heavy atom. The Kier molecular flexibility index (Phi) is 4.60. The highest BCUT2D eigenvalue weighted by Crippen LogP contribution is 2.15. The van der Waals surface area contributed by atoms with E-state index >= 15 is 0 Å². The number of para-hydroxylation sites is 1. The van der Waals surface area contributed by atoms with Crippen molar-refractivity contribution in [2.45, 2.75) is 0 Å². The maximum absolute atomic E-state index is 12.0. The Bertz CT molecular complexity index is 794. The molecule has 0 radical (unpaired) electrons. The summed E-state index contributed by atoms with van der Waals surface area (Å²) in [6.45, 7) is 0. The van der Waals surface area contributed by atoms with Crippen LogP contribution in [0.15, 0.2) is 89.9 Å². The van der Waals surface area contributed by atoms with Gasteiger partial charge >= 0.3 is 5.97 Å². The molecule has 0 saturated heterocycles. The summed E-state index contributed by atoms with van der Waals surface area (Å²) in [5, 5.41) is 0. The van der Waals surface area contributed by atoms with Crippen molar-refractivity contribution >= 4 is 17.9 Å². The predicted molar refractivity (Wildman–Crippen MR) is 91.5 cm³/mol. The van der Waals surface area contributed by atoms with Gasteiger partial charge < -0.3 is 4.74 Å². The summed E-state index contributed by atoms with van der Waals surface area (Å²) in [4.78, 5) is 16.3. The van der Waals surface area contributed by atoms with Gasteiger partial charge in [-0.25, -0.2) is 4.79 Å². The highest BCUT2D eigenvalue weighted by atomic mass is 16.5. The van der Waals surface area contributed by atoms with Crippen molar-refractivity contribution in [3.05, 3.63) is 96.1 Å². The molecule has 23 heavy (non-hydrogen) atoms.